The maximum Gasteiger partial charge on any atom is 0.314 e. The quantitative estimate of drug-likeness (QED) is 0.455. The number of amides is 2. The Morgan fingerprint density at radius 1 is 0.800 bits per heavy atom. The van der Waals surface area contributed by atoms with Gasteiger partial charge in [0, 0.05) is 19.5 Å². The van der Waals surface area contributed by atoms with E-state index in [1.54, 1.807) is 0 Å². The van der Waals surface area contributed by atoms with Crippen molar-refractivity contribution in [2.24, 2.45) is 0 Å². The first-order chi connectivity index (χ1) is 9.66. The second-order valence-corrected chi connectivity index (χ2v) is 5.15. The molecule has 0 saturated carbocycles. The Hall–Kier alpha value is -1.26. The van der Waals surface area contributed by atoms with Crippen LogP contribution >= 0.6 is 0 Å². The first-order valence-electron chi connectivity index (χ1n) is 7.90. The molecule has 0 aromatic rings. The van der Waals surface area contributed by atoms with E-state index in [-0.39, 0.29) is 12.5 Å². The molecule has 0 rings (SSSR count). The lowest BCUT2D eigenvalue weighted by Crippen LogP contribution is -2.36. The summed E-state index contributed by atoms with van der Waals surface area (Å²) in [4.78, 5) is 21.7. The van der Waals surface area contributed by atoms with Crippen LogP contribution in [0.5, 0.6) is 0 Å². The van der Waals surface area contributed by atoms with Gasteiger partial charge in [0.25, 0.3) is 0 Å². The minimum atomic E-state index is -0.720. The van der Waals surface area contributed by atoms with Crippen LogP contribution in [-0.4, -0.2) is 30.2 Å². The molecule has 0 spiro atoms. The first-order valence-corrected chi connectivity index (χ1v) is 7.90. The van der Waals surface area contributed by atoms with E-state index in [1.807, 2.05) is 0 Å². The van der Waals surface area contributed by atoms with Gasteiger partial charge in [0.2, 0.25) is 0 Å². The third-order valence-corrected chi connectivity index (χ3v) is 3.17. The third-order valence-electron chi connectivity index (χ3n) is 3.17. The topological polar surface area (TPSA) is 78.4 Å². The van der Waals surface area contributed by atoms with Crippen LogP contribution in [0.4, 0.5) is 4.79 Å². The fourth-order valence-corrected chi connectivity index (χ4v) is 1.95. The molecular weight excluding hydrogens is 256 g/mol. The van der Waals surface area contributed by atoms with Gasteiger partial charge in [-0.05, 0) is 19.3 Å². The first kappa shape index (κ1) is 18.7. The molecule has 0 aromatic heterocycles. The molecule has 0 bridgehead atoms. The van der Waals surface area contributed by atoms with Crippen molar-refractivity contribution in [1.29, 1.82) is 0 Å². The predicted octanol–water partition coefficient (Wildman–Crippen LogP) is 3.29. The summed E-state index contributed by atoms with van der Waals surface area (Å²) in [6.45, 7) is 3.61. The number of carbonyl (C=O) groups excluding carboxylic acids is 1. The monoisotopic (exact) mass is 286 g/mol. The number of unbranched alkanes of at least 4 members (excludes halogenated alkanes) is 7. The Labute approximate surface area is 122 Å². The summed E-state index contributed by atoms with van der Waals surface area (Å²) < 4.78 is 0. The highest BCUT2D eigenvalue weighted by Crippen LogP contribution is 2.04. The van der Waals surface area contributed by atoms with Crippen LogP contribution in [-0.2, 0) is 4.79 Å². The van der Waals surface area contributed by atoms with Crippen molar-refractivity contribution >= 4 is 12.0 Å². The number of hydrogen-bond acceptors (Lipinski definition) is 2. The average Bonchev–Trinajstić information content (AvgIpc) is 2.41. The Bertz CT molecular complexity index is 258. The summed E-state index contributed by atoms with van der Waals surface area (Å²) in [6, 6.07) is -0.0765. The fraction of sp³-hybridized carbons (Fsp3) is 0.867. The molecule has 0 radical (unpaired) electrons. The van der Waals surface area contributed by atoms with Crippen LogP contribution in [0.2, 0.25) is 0 Å². The SMILES string of the molecule is CCCCCCNC(=O)NCCCCCCCC(=O)O. The maximum absolute atomic E-state index is 11.4. The molecule has 0 aliphatic heterocycles. The van der Waals surface area contributed by atoms with E-state index in [2.05, 4.69) is 17.6 Å². The van der Waals surface area contributed by atoms with Gasteiger partial charge in [-0.1, -0.05) is 45.4 Å². The van der Waals surface area contributed by atoms with E-state index in [1.165, 1.54) is 19.3 Å². The smallest absolute Gasteiger partial charge is 0.314 e. The Morgan fingerprint density at radius 3 is 1.85 bits per heavy atom. The molecule has 0 fully saturated rings. The summed E-state index contributed by atoms with van der Waals surface area (Å²) in [6.07, 6.45) is 9.65. The van der Waals surface area contributed by atoms with Gasteiger partial charge in [-0.2, -0.15) is 0 Å². The largest absolute Gasteiger partial charge is 0.481 e. The summed E-state index contributed by atoms with van der Waals surface area (Å²) in [5, 5.41) is 14.2. The highest BCUT2D eigenvalue weighted by atomic mass is 16.4. The normalized spacial score (nSPS) is 10.2. The molecule has 20 heavy (non-hydrogen) atoms. The Kier molecular flexibility index (Phi) is 13.3. The van der Waals surface area contributed by atoms with E-state index in [9.17, 15) is 9.59 Å². The van der Waals surface area contributed by atoms with Crippen molar-refractivity contribution in [1.82, 2.24) is 10.6 Å². The van der Waals surface area contributed by atoms with Crippen LogP contribution in [0.15, 0.2) is 0 Å². The van der Waals surface area contributed by atoms with Crippen LogP contribution in [0, 0.1) is 0 Å². The van der Waals surface area contributed by atoms with Gasteiger partial charge in [-0.15, -0.1) is 0 Å². The lowest BCUT2D eigenvalue weighted by molar-refractivity contribution is -0.137. The second-order valence-electron chi connectivity index (χ2n) is 5.15. The average molecular weight is 286 g/mol. The summed E-state index contributed by atoms with van der Waals surface area (Å²) in [7, 11) is 0. The molecule has 0 aliphatic rings. The predicted molar refractivity (Wildman–Crippen MR) is 80.9 cm³/mol. The van der Waals surface area contributed by atoms with Gasteiger partial charge in [0.15, 0.2) is 0 Å². The summed E-state index contributed by atoms with van der Waals surface area (Å²) >= 11 is 0. The number of nitrogens with one attached hydrogen (secondary N) is 2. The number of aliphatic carboxylic acids is 1. The molecule has 118 valence electrons. The highest BCUT2D eigenvalue weighted by molar-refractivity contribution is 5.73. The second kappa shape index (κ2) is 14.2. The molecule has 5 heteroatoms. The van der Waals surface area contributed by atoms with Crippen molar-refractivity contribution in [2.75, 3.05) is 13.1 Å². The zero-order valence-electron chi connectivity index (χ0n) is 12.7. The zero-order chi connectivity index (χ0) is 15.1. The van der Waals surface area contributed by atoms with Crippen LogP contribution in [0.1, 0.15) is 71.1 Å². The molecule has 0 heterocycles. The Balaban J connectivity index is 3.17. The number of carbonyl (C=O) groups is 2. The number of hydrogen-bond donors (Lipinski definition) is 3. The van der Waals surface area contributed by atoms with Crippen molar-refractivity contribution in [3.05, 3.63) is 0 Å². The molecule has 0 atom stereocenters. The molecule has 0 unspecified atom stereocenters. The van der Waals surface area contributed by atoms with Gasteiger partial charge in [-0.25, -0.2) is 4.79 Å². The molecule has 2 amide bonds. The highest BCUT2D eigenvalue weighted by Gasteiger charge is 1.99. The van der Waals surface area contributed by atoms with Crippen molar-refractivity contribution < 1.29 is 14.7 Å². The minimum absolute atomic E-state index is 0.0765. The van der Waals surface area contributed by atoms with Gasteiger partial charge < -0.3 is 15.7 Å². The van der Waals surface area contributed by atoms with E-state index in [4.69, 9.17) is 5.11 Å². The van der Waals surface area contributed by atoms with Crippen molar-refractivity contribution in [3.8, 4) is 0 Å². The van der Waals surface area contributed by atoms with E-state index < -0.39 is 5.97 Å². The van der Waals surface area contributed by atoms with Gasteiger partial charge in [-0.3, -0.25) is 4.79 Å². The van der Waals surface area contributed by atoms with E-state index in [0.29, 0.717) is 6.54 Å². The fourth-order valence-electron chi connectivity index (χ4n) is 1.95. The molecule has 0 saturated heterocycles. The van der Waals surface area contributed by atoms with Gasteiger partial charge in [0.1, 0.15) is 0 Å². The number of rotatable bonds is 13. The molecule has 0 aromatic carbocycles. The maximum atomic E-state index is 11.4. The molecule has 0 aliphatic carbocycles. The van der Waals surface area contributed by atoms with Crippen molar-refractivity contribution in [3.63, 3.8) is 0 Å². The van der Waals surface area contributed by atoms with Crippen LogP contribution in [0.3, 0.4) is 0 Å². The lowest BCUT2D eigenvalue weighted by atomic mass is 10.1. The Morgan fingerprint density at radius 2 is 1.30 bits per heavy atom. The number of carboxylic acids is 1. The van der Waals surface area contributed by atoms with E-state index >= 15 is 0 Å². The zero-order valence-corrected chi connectivity index (χ0v) is 12.7. The molecule has 3 N–H and O–H groups in total. The van der Waals surface area contributed by atoms with Crippen LogP contribution in [0.25, 0.3) is 0 Å². The van der Waals surface area contributed by atoms with E-state index in [0.717, 1.165) is 45.1 Å². The molecule has 5 nitrogen and oxygen atoms in total. The lowest BCUT2D eigenvalue weighted by Gasteiger charge is -2.07. The van der Waals surface area contributed by atoms with Gasteiger partial charge in [0.05, 0.1) is 0 Å². The minimum Gasteiger partial charge on any atom is -0.481 e. The van der Waals surface area contributed by atoms with Crippen molar-refractivity contribution in [2.45, 2.75) is 71.1 Å². The number of urea groups is 1. The third kappa shape index (κ3) is 14.8. The summed E-state index contributed by atoms with van der Waals surface area (Å²) in [5.41, 5.74) is 0. The molecular formula is C15H30N2O3. The standard InChI is InChI=1S/C15H30N2O3/c1-2-3-4-9-12-16-15(20)17-13-10-7-5-6-8-11-14(18)19/h2-13H2,1H3,(H,18,19)(H2,16,17,20). The number of carboxylic acid groups (broad SMARTS) is 1. The summed E-state index contributed by atoms with van der Waals surface area (Å²) in [5.74, 6) is -0.720. The van der Waals surface area contributed by atoms with Crippen LogP contribution < -0.4 is 10.6 Å². The van der Waals surface area contributed by atoms with Gasteiger partial charge >= 0.3 is 12.0 Å².